The molecule has 3 rings (SSSR count). The lowest BCUT2D eigenvalue weighted by atomic mass is 10.1. The zero-order chi connectivity index (χ0) is 13.9. The van der Waals surface area contributed by atoms with Gasteiger partial charge in [-0.25, -0.2) is 4.79 Å². The van der Waals surface area contributed by atoms with Crippen molar-refractivity contribution < 1.29 is 9.90 Å². The van der Waals surface area contributed by atoms with Gasteiger partial charge in [0.15, 0.2) is 11.5 Å². The minimum Gasteiger partial charge on any atom is -0.478 e. The van der Waals surface area contributed by atoms with Crippen molar-refractivity contribution in [2.45, 2.75) is 6.54 Å². The van der Waals surface area contributed by atoms with Crippen LogP contribution >= 0.6 is 0 Å². The topological polar surface area (TPSA) is 105 Å². The van der Waals surface area contributed by atoms with Crippen molar-refractivity contribution >= 4 is 17.4 Å². The van der Waals surface area contributed by atoms with E-state index in [4.69, 9.17) is 5.11 Å². The van der Waals surface area contributed by atoms with E-state index in [-0.39, 0.29) is 5.56 Å². The van der Waals surface area contributed by atoms with Gasteiger partial charge in [-0.2, -0.15) is 4.52 Å². The van der Waals surface area contributed by atoms with Gasteiger partial charge in [-0.05, 0) is 28.1 Å². The number of nitrogens with one attached hydrogen (secondary N) is 1. The minimum atomic E-state index is -0.948. The molecular formula is C12H10N6O2. The molecule has 0 aliphatic carbocycles. The number of benzene rings is 1. The highest BCUT2D eigenvalue weighted by molar-refractivity contribution is 5.87. The number of fused-ring (bicyclic) bond motifs is 1. The Kier molecular flexibility index (Phi) is 2.96. The van der Waals surface area contributed by atoms with Crippen LogP contribution in [0.2, 0.25) is 0 Å². The first-order valence-corrected chi connectivity index (χ1v) is 5.82. The molecule has 3 aromatic rings. The molecule has 0 atom stereocenters. The molecule has 0 saturated heterocycles. The SMILES string of the molecule is O=C(O)c1cccc(CNc2cncc3nnnn23)c1. The lowest BCUT2D eigenvalue weighted by molar-refractivity contribution is 0.0697. The standard InChI is InChI=1S/C12H10N6O2/c19-12(20)9-3-1-2-8(4-9)5-14-10-6-13-7-11-15-16-17-18(10)11/h1-4,6-7,14H,5H2,(H,19,20). The number of carboxylic acids is 1. The Morgan fingerprint density at radius 1 is 1.35 bits per heavy atom. The first-order chi connectivity index (χ1) is 9.74. The van der Waals surface area contributed by atoms with Crippen LogP contribution in [0.25, 0.3) is 5.65 Å². The first-order valence-electron chi connectivity index (χ1n) is 5.82. The maximum Gasteiger partial charge on any atom is 0.335 e. The molecular weight excluding hydrogens is 260 g/mol. The Labute approximate surface area is 113 Å². The molecule has 0 aliphatic heterocycles. The highest BCUT2D eigenvalue weighted by Gasteiger charge is 2.05. The Hall–Kier alpha value is -3.03. The van der Waals surface area contributed by atoms with Gasteiger partial charge in [0.2, 0.25) is 0 Å². The van der Waals surface area contributed by atoms with Gasteiger partial charge < -0.3 is 10.4 Å². The summed E-state index contributed by atoms with van der Waals surface area (Å²) in [5.74, 6) is -0.315. The van der Waals surface area contributed by atoms with Crippen LogP contribution in [-0.2, 0) is 6.54 Å². The average molecular weight is 270 g/mol. The number of rotatable bonds is 4. The second kappa shape index (κ2) is 4.92. The lowest BCUT2D eigenvalue weighted by Gasteiger charge is -2.07. The molecule has 0 spiro atoms. The number of carboxylic acid groups (broad SMARTS) is 1. The van der Waals surface area contributed by atoms with Crippen molar-refractivity contribution in [3.63, 3.8) is 0 Å². The fraction of sp³-hybridized carbons (Fsp3) is 0.0833. The van der Waals surface area contributed by atoms with E-state index < -0.39 is 5.97 Å². The summed E-state index contributed by atoms with van der Waals surface area (Å²) in [5.41, 5.74) is 1.63. The molecule has 2 aromatic heterocycles. The second-order valence-corrected chi connectivity index (χ2v) is 4.10. The summed E-state index contributed by atoms with van der Waals surface area (Å²) >= 11 is 0. The van der Waals surface area contributed by atoms with Crippen molar-refractivity contribution in [2.24, 2.45) is 0 Å². The van der Waals surface area contributed by atoms with Gasteiger partial charge in [-0.15, -0.1) is 5.10 Å². The summed E-state index contributed by atoms with van der Waals surface area (Å²) in [4.78, 5) is 14.9. The summed E-state index contributed by atoms with van der Waals surface area (Å²) in [6, 6.07) is 6.71. The third-order valence-corrected chi connectivity index (χ3v) is 2.76. The second-order valence-electron chi connectivity index (χ2n) is 4.10. The fourth-order valence-electron chi connectivity index (χ4n) is 1.80. The zero-order valence-corrected chi connectivity index (χ0v) is 10.3. The molecule has 0 radical (unpaired) electrons. The smallest absolute Gasteiger partial charge is 0.335 e. The maximum absolute atomic E-state index is 10.9. The van der Waals surface area contributed by atoms with Crippen molar-refractivity contribution in [1.29, 1.82) is 0 Å². The van der Waals surface area contributed by atoms with Gasteiger partial charge >= 0.3 is 5.97 Å². The summed E-state index contributed by atoms with van der Waals surface area (Å²) in [6.45, 7) is 0.446. The minimum absolute atomic E-state index is 0.253. The highest BCUT2D eigenvalue weighted by Crippen LogP contribution is 2.10. The predicted octanol–water partition coefficient (Wildman–Crippen LogP) is 0.830. The van der Waals surface area contributed by atoms with Crippen LogP contribution in [0.15, 0.2) is 36.7 Å². The molecule has 0 amide bonds. The Bertz CT molecular complexity index is 769. The van der Waals surface area contributed by atoms with Crippen LogP contribution in [0.4, 0.5) is 5.82 Å². The van der Waals surface area contributed by atoms with E-state index in [0.29, 0.717) is 18.0 Å². The number of tetrazole rings is 1. The first kappa shape index (κ1) is 12.0. The molecule has 8 heteroatoms. The Balaban J connectivity index is 1.81. The number of hydrogen-bond donors (Lipinski definition) is 2. The fourth-order valence-corrected chi connectivity index (χ4v) is 1.80. The van der Waals surface area contributed by atoms with Crippen molar-refractivity contribution in [3.05, 3.63) is 47.8 Å². The van der Waals surface area contributed by atoms with Crippen LogP contribution in [0.5, 0.6) is 0 Å². The largest absolute Gasteiger partial charge is 0.478 e. The molecule has 0 unspecified atom stereocenters. The van der Waals surface area contributed by atoms with Crippen LogP contribution < -0.4 is 5.32 Å². The van der Waals surface area contributed by atoms with Gasteiger partial charge in [-0.1, -0.05) is 12.1 Å². The molecule has 100 valence electrons. The number of aromatic nitrogens is 5. The molecule has 0 aliphatic rings. The van der Waals surface area contributed by atoms with Crippen LogP contribution in [-0.4, -0.2) is 36.1 Å². The molecule has 2 N–H and O–H groups in total. The molecule has 1 aromatic carbocycles. The molecule has 20 heavy (non-hydrogen) atoms. The van der Waals surface area contributed by atoms with Crippen molar-refractivity contribution in [3.8, 4) is 0 Å². The summed E-state index contributed by atoms with van der Waals surface area (Å²) < 4.78 is 1.52. The highest BCUT2D eigenvalue weighted by atomic mass is 16.4. The van der Waals surface area contributed by atoms with Crippen LogP contribution in [0.3, 0.4) is 0 Å². The predicted molar refractivity (Wildman–Crippen MR) is 69.3 cm³/mol. The number of hydrogen-bond acceptors (Lipinski definition) is 6. The van der Waals surface area contributed by atoms with Gasteiger partial charge in [0.1, 0.15) is 0 Å². The number of aromatic carboxylic acids is 1. The average Bonchev–Trinajstić information content (AvgIpc) is 2.94. The summed E-state index contributed by atoms with van der Waals surface area (Å²) in [6.07, 6.45) is 3.15. The van der Waals surface area contributed by atoms with E-state index in [1.165, 1.54) is 4.52 Å². The van der Waals surface area contributed by atoms with E-state index >= 15 is 0 Å². The Morgan fingerprint density at radius 3 is 3.10 bits per heavy atom. The number of carbonyl (C=O) groups is 1. The van der Waals surface area contributed by atoms with Gasteiger partial charge in [0.05, 0.1) is 18.0 Å². The monoisotopic (exact) mass is 270 g/mol. The summed E-state index contributed by atoms with van der Waals surface area (Å²) in [5, 5.41) is 23.3. The molecule has 8 nitrogen and oxygen atoms in total. The number of nitrogens with zero attached hydrogens (tertiary/aromatic N) is 5. The lowest BCUT2D eigenvalue weighted by Crippen LogP contribution is -2.06. The van der Waals surface area contributed by atoms with E-state index in [9.17, 15) is 4.79 Å². The molecule has 0 fully saturated rings. The quantitative estimate of drug-likeness (QED) is 0.723. The van der Waals surface area contributed by atoms with E-state index in [1.807, 2.05) is 6.07 Å². The van der Waals surface area contributed by atoms with Gasteiger partial charge in [0.25, 0.3) is 0 Å². The normalized spacial score (nSPS) is 10.6. The van der Waals surface area contributed by atoms with E-state index in [0.717, 1.165) is 5.56 Å². The molecule has 0 saturated carbocycles. The number of anilines is 1. The maximum atomic E-state index is 10.9. The van der Waals surface area contributed by atoms with E-state index in [2.05, 4.69) is 25.8 Å². The van der Waals surface area contributed by atoms with Gasteiger partial charge in [0, 0.05) is 6.54 Å². The molecule has 2 heterocycles. The molecule has 0 bridgehead atoms. The van der Waals surface area contributed by atoms with Crippen LogP contribution in [0.1, 0.15) is 15.9 Å². The third-order valence-electron chi connectivity index (χ3n) is 2.76. The van der Waals surface area contributed by atoms with Crippen LogP contribution in [0, 0.1) is 0 Å². The van der Waals surface area contributed by atoms with Gasteiger partial charge in [-0.3, -0.25) is 4.98 Å². The zero-order valence-electron chi connectivity index (χ0n) is 10.3. The van der Waals surface area contributed by atoms with E-state index in [1.54, 1.807) is 30.6 Å². The van der Waals surface area contributed by atoms with Crippen molar-refractivity contribution in [1.82, 2.24) is 25.0 Å². The van der Waals surface area contributed by atoms with Crippen molar-refractivity contribution in [2.75, 3.05) is 5.32 Å². The Morgan fingerprint density at radius 2 is 2.25 bits per heavy atom. The summed E-state index contributed by atoms with van der Waals surface area (Å²) in [7, 11) is 0. The third kappa shape index (κ3) is 2.26.